The molecule has 1 saturated heterocycles. The minimum atomic E-state index is 0.0584. The van der Waals surface area contributed by atoms with Crippen molar-refractivity contribution in [2.45, 2.75) is 25.3 Å². The molecule has 3 aromatic rings. The zero-order valence-electron chi connectivity index (χ0n) is 16.4. The van der Waals surface area contributed by atoms with E-state index in [1.165, 1.54) is 28.9 Å². The zero-order chi connectivity index (χ0) is 19.6. The maximum absolute atomic E-state index is 12.6. The molecule has 1 aliphatic heterocycles. The molecule has 0 bridgehead atoms. The number of piperazine rings is 1. The third kappa shape index (κ3) is 4.43. The monoisotopic (exact) mass is 407 g/mol. The Morgan fingerprint density at radius 2 is 1.86 bits per heavy atom. The molecule has 0 radical (unpaired) electrons. The van der Waals surface area contributed by atoms with Crippen LogP contribution in [0.1, 0.15) is 29.5 Å². The van der Waals surface area contributed by atoms with Crippen LogP contribution in [0, 0.1) is 0 Å². The molecular formula is C23H25N3O2S. The largest absolute Gasteiger partial charge is 0.484 e. The van der Waals surface area contributed by atoms with E-state index in [0.717, 1.165) is 49.8 Å². The summed E-state index contributed by atoms with van der Waals surface area (Å²) in [5.74, 6) is 1.52. The highest BCUT2D eigenvalue weighted by Gasteiger charge is 2.27. The van der Waals surface area contributed by atoms with Gasteiger partial charge in [-0.2, -0.15) is 0 Å². The highest BCUT2D eigenvalue weighted by Crippen LogP contribution is 2.40. The lowest BCUT2D eigenvalue weighted by Crippen LogP contribution is -2.49. The van der Waals surface area contributed by atoms with Crippen LogP contribution in [0.2, 0.25) is 0 Å². The number of carbonyl (C=O) groups excluding carboxylic acids is 1. The van der Waals surface area contributed by atoms with E-state index in [1.807, 2.05) is 35.2 Å². The average Bonchev–Trinajstić information content (AvgIpc) is 3.51. The van der Waals surface area contributed by atoms with Crippen LogP contribution >= 0.6 is 11.3 Å². The molecule has 0 atom stereocenters. The summed E-state index contributed by atoms with van der Waals surface area (Å²) in [6.45, 7) is 4.27. The van der Waals surface area contributed by atoms with E-state index in [-0.39, 0.29) is 12.5 Å². The molecule has 2 aromatic carbocycles. The van der Waals surface area contributed by atoms with Crippen LogP contribution in [0.25, 0.3) is 10.8 Å². The summed E-state index contributed by atoms with van der Waals surface area (Å²) in [5, 5.41) is 5.72. The smallest absolute Gasteiger partial charge is 0.260 e. The Balaban J connectivity index is 1.09. The molecule has 1 aromatic heterocycles. The Hall–Kier alpha value is -2.44. The lowest BCUT2D eigenvalue weighted by atomic mass is 10.1. The highest BCUT2D eigenvalue weighted by molar-refractivity contribution is 7.09. The van der Waals surface area contributed by atoms with Crippen LogP contribution in [-0.4, -0.2) is 53.5 Å². The van der Waals surface area contributed by atoms with Crippen LogP contribution in [0.4, 0.5) is 0 Å². The number of carbonyl (C=O) groups is 1. The lowest BCUT2D eigenvalue weighted by Gasteiger charge is -2.34. The van der Waals surface area contributed by atoms with E-state index in [2.05, 4.69) is 22.4 Å². The maximum Gasteiger partial charge on any atom is 0.260 e. The Labute approximate surface area is 174 Å². The summed E-state index contributed by atoms with van der Waals surface area (Å²) in [7, 11) is 0. The normalized spacial score (nSPS) is 17.6. The maximum atomic E-state index is 12.6. The molecule has 150 valence electrons. The van der Waals surface area contributed by atoms with E-state index < -0.39 is 0 Å². The number of aromatic nitrogens is 1. The third-order valence-electron chi connectivity index (χ3n) is 5.73. The number of fused-ring (bicyclic) bond motifs is 1. The molecular weight excluding hydrogens is 382 g/mol. The van der Waals surface area contributed by atoms with Crippen LogP contribution in [0.15, 0.2) is 47.8 Å². The number of nitrogens with zero attached hydrogens (tertiary/aromatic N) is 3. The second-order valence-corrected chi connectivity index (χ2v) is 8.84. The van der Waals surface area contributed by atoms with Crippen LogP contribution in [-0.2, 0) is 11.3 Å². The Kier molecular flexibility index (Phi) is 5.21. The fourth-order valence-electron chi connectivity index (χ4n) is 3.80. The number of amides is 1. The summed E-state index contributed by atoms with van der Waals surface area (Å²) in [5.41, 5.74) is 1.28. The van der Waals surface area contributed by atoms with E-state index in [0.29, 0.717) is 0 Å². The molecule has 0 spiro atoms. The van der Waals surface area contributed by atoms with Gasteiger partial charge in [-0.1, -0.05) is 30.3 Å². The van der Waals surface area contributed by atoms with Gasteiger partial charge in [-0.15, -0.1) is 11.3 Å². The van der Waals surface area contributed by atoms with E-state index in [4.69, 9.17) is 9.72 Å². The molecule has 1 amide bonds. The molecule has 5 rings (SSSR count). The Morgan fingerprint density at radius 1 is 1.07 bits per heavy atom. The van der Waals surface area contributed by atoms with Crippen LogP contribution in [0.3, 0.4) is 0 Å². The van der Waals surface area contributed by atoms with E-state index in [1.54, 1.807) is 11.3 Å². The van der Waals surface area contributed by atoms with Gasteiger partial charge < -0.3 is 9.64 Å². The molecule has 6 heteroatoms. The van der Waals surface area contributed by atoms with Gasteiger partial charge in [-0.3, -0.25) is 9.69 Å². The molecule has 0 unspecified atom stereocenters. The second-order valence-electron chi connectivity index (χ2n) is 7.89. The summed E-state index contributed by atoms with van der Waals surface area (Å²) in [6, 6.07) is 14.1. The average molecular weight is 408 g/mol. The summed E-state index contributed by atoms with van der Waals surface area (Å²) in [4.78, 5) is 21.6. The number of ether oxygens (including phenoxy) is 1. The molecule has 29 heavy (non-hydrogen) atoms. The van der Waals surface area contributed by atoms with Gasteiger partial charge in [-0.05, 0) is 35.7 Å². The Morgan fingerprint density at radius 3 is 2.66 bits per heavy atom. The number of thiazole rings is 1. The zero-order valence-corrected chi connectivity index (χ0v) is 17.2. The third-order valence-corrected chi connectivity index (χ3v) is 6.58. The molecule has 0 N–H and O–H groups in total. The van der Waals surface area contributed by atoms with Crippen molar-refractivity contribution < 1.29 is 9.53 Å². The summed E-state index contributed by atoms with van der Waals surface area (Å²) >= 11 is 1.77. The predicted molar refractivity (Wildman–Crippen MR) is 115 cm³/mol. The molecule has 2 aliphatic rings. The summed E-state index contributed by atoms with van der Waals surface area (Å²) < 4.78 is 5.77. The van der Waals surface area contributed by atoms with Gasteiger partial charge in [0.15, 0.2) is 6.61 Å². The SMILES string of the molecule is O=C(COc1ccc2ccccc2c1)N1CCN(Cc2nc(C3CC3)cs2)CC1. The quantitative estimate of drug-likeness (QED) is 0.622. The van der Waals surface area contributed by atoms with Crippen molar-refractivity contribution in [2.75, 3.05) is 32.8 Å². The van der Waals surface area contributed by atoms with Crippen LogP contribution in [0.5, 0.6) is 5.75 Å². The lowest BCUT2D eigenvalue weighted by molar-refractivity contribution is -0.135. The number of hydrogen-bond acceptors (Lipinski definition) is 5. The van der Waals surface area contributed by atoms with Crippen molar-refractivity contribution in [1.29, 1.82) is 0 Å². The van der Waals surface area contributed by atoms with Crippen molar-refractivity contribution in [3.63, 3.8) is 0 Å². The number of benzene rings is 2. The van der Waals surface area contributed by atoms with Crippen molar-refractivity contribution in [3.05, 3.63) is 58.5 Å². The molecule has 5 nitrogen and oxygen atoms in total. The number of rotatable bonds is 6. The van der Waals surface area contributed by atoms with Gasteiger partial charge >= 0.3 is 0 Å². The second kappa shape index (κ2) is 8.13. The van der Waals surface area contributed by atoms with Crippen molar-refractivity contribution in [1.82, 2.24) is 14.8 Å². The fourth-order valence-corrected chi connectivity index (χ4v) is 4.72. The molecule has 2 fully saturated rings. The molecule has 1 saturated carbocycles. The topological polar surface area (TPSA) is 45.7 Å². The first-order valence-corrected chi connectivity index (χ1v) is 11.2. The Bertz CT molecular complexity index is 1010. The fraction of sp³-hybridized carbons (Fsp3) is 0.391. The molecule has 2 heterocycles. The molecule has 1 aliphatic carbocycles. The van der Waals surface area contributed by atoms with Crippen molar-refractivity contribution in [2.24, 2.45) is 0 Å². The van der Waals surface area contributed by atoms with E-state index >= 15 is 0 Å². The predicted octanol–water partition coefficient (Wildman–Crippen LogP) is 3.90. The van der Waals surface area contributed by atoms with Gasteiger partial charge in [0.1, 0.15) is 10.8 Å². The van der Waals surface area contributed by atoms with Gasteiger partial charge in [0.25, 0.3) is 5.91 Å². The first-order chi connectivity index (χ1) is 14.2. The van der Waals surface area contributed by atoms with Gasteiger partial charge in [0.2, 0.25) is 0 Å². The first kappa shape index (κ1) is 18.6. The first-order valence-electron chi connectivity index (χ1n) is 10.3. The standard InChI is InChI=1S/C23H25N3O2S/c27-23(15-28-20-8-7-17-3-1-2-4-19(17)13-20)26-11-9-25(10-12-26)14-22-24-21(16-29-22)18-5-6-18/h1-4,7-8,13,16,18H,5-6,9-12,14-15H2. The van der Waals surface area contributed by atoms with Crippen LogP contribution < -0.4 is 4.74 Å². The van der Waals surface area contributed by atoms with Gasteiger partial charge in [0, 0.05) is 37.5 Å². The van der Waals surface area contributed by atoms with Crippen molar-refractivity contribution in [3.8, 4) is 5.75 Å². The summed E-state index contributed by atoms with van der Waals surface area (Å²) in [6.07, 6.45) is 2.59. The number of hydrogen-bond donors (Lipinski definition) is 0. The highest BCUT2D eigenvalue weighted by atomic mass is 32.1. The van der Waals surface area contributed by atoms with Gasteiger partial charge in [0.05, 0.1) is 12.2 Å². The minimum absolute atomic E-state index is 0.0584. The van der Waals surface area contributed by atoms with E-state index in [9.17, 15) is 4.79 Å². The van der Waals surface area contributed by atoms with Gasteiger partial charge in [-0.25, -0.2) is 4.98 Å². The van der Waals surface area contributed by atoms with Crippen molar-refractivity contribution >= 4 is 28.0 Å². The minimum Gasteiger partial charge on any atom is -0.484 e.